The van der Waals surface area contributed by atoms with Crippen LogP contribution in [0.5, 0.6) is 0 Å². The van der Waals surface area contributed by atoms with Gasteiger partial charge in [0.25, 0.3) is 0 Å². The highest BCUT2D eigenvalue weighted by Crippen LogP contribution is 3.06. The minimum absolute atomic E-state index is 0.0972. The van der Waals surface area contributed by atoms with E-state index in [4.69, 9.17) is 0 Å². The summed E-state index contributed by atoms with van der Waals surface area (Å²) >= 11 is 0. The van der Waals surface area contributed by atoms with Gasteiger partial charge in [0, 0.05) is 17.3 Å². The van der Waals surface area contributed by atoms with E-state index in [1.54, 1.807) is 0 Å². The topological polar surface area (TPSA) is 40.5 Å². The molecule has 1 spiro atoms. The van der Waals surface area contributed by atoms with Gasteiger partial charge in [-0.25, -0.2) is 0 Å². The van der Waals surface area contributed by atoms with Crippen molar-refractivity contribution in [1.29, 1.82) is 0 Å². The smallest absolute Gasteiger partial charge is 0.0812 e. The van der Waals surface area contributed by atoms with Crippen LogP contribution in [0.1, 0.15) is 12.8 Å². The second-order valence-electron chi connectivity index (χ2n) is 4.24. The zero-order valence-electron chi connectivity index (χ0n) is 4.96. The average molecular weight is 124 g/mol. The van der Waals surface area contributed by atoms with Crippen molar-refractivity contribution in [2.45, 2.75) is 24.0 Å². The van der Waals surface area contributed by atoms with Crippen LogP contribution in [0.4, 0.5) is 0 Å². The number of rotatable bonds is 0. The molecule has 2 N–H and O–H groups in total. The van der Waals surface area contributed by atoms with Crippen LogP contribution < -0.4 is 0 Å². The first-order valence-corrected chi connectivity index (χ1v) is 3.63. The fourth-order valence-corrected chi connectivity index (χ4v) is 4.05. The standard InChI is InChI=1S/C7H8O2/c8-5-1-3-6(5)4(2-5)7(3,6)9/h3-4,8-9H,1-2H2. The Labute approximate surface area is 52.5 Å². The van der Waals surface area contributed by atoms with E-state index in [0.717, 1.165) is 12.8 Å². The Morgan fingerprint density at radius 1 is 1.11 bits per heavy atom. The summed E-state index contributed by atoms with van der Waals surface area (Å²) in [5.74, 6) is 1.04. The van der Waals surface area contributed by atoms with Crippen LogP contribution in [0, 0.1) is 17.3 Å². The molecule has 0 aliphatic heterocycles. The highest BCUT2D eigenvalue weighted by molar-refractivity contribution is 5.62. The van der Waals surface area contributed by atoms with Crippen molar-refractivity contribution >= 4 is 0 Å². The summed E-state index contributed by atoms with van der Waals surface area (Å²) in [6.07, 6.45) is 1.78. The molecule has 0 saturated heterocycles. The largest absolute Gasteiger partial charge is 0.389 e. The molecule has 2 unspecified atom stereocenters. The first-order valence-electron chi connectivity index (χ1n) is 3.63. The lowest BCUT2D eigenvalue weighted by Crippen LogP contribution is -2.59. The molecule has 4 fully saturated rings. The first-order chi connectivity index (χ1) is 4.18. The zero-order chi connectivity index (χ0) is 6.07. The van der Waals surface area contributed by atoms with Crippen LogP contribution in [-0.2, 0) is 0 Å². The quantitative estimate of drug-likeness (QED) is 0.457. The first kappa shape index (κ1) is 3.94. The minimum Gasteiger partial charge on any atom is -0.389 e. The van der Waals surface area contributed by atoms with E-state index in [1.807, 2.05) is 0 Å². The zero-order valence-corrected chi connectivity index (χ0v) is 4.96. The summed E-state index contributed by atoms with van der Waals surface area (Å²) in [7, 11) is 0. The molecule has 2 heteroatoms. The van der Waals surface area contributed by atoms with Crippen molar-refractivity contribution in [3.8, 4) is 0 Å². The second kappa shape index (κ2) is 0.565. The number of fused-ring (bicyclic) bond motifs is 2. The summed E-state index contributed by atoms with van der Waals surface area (Å²) in [6, 6.07) is 0. The summed E-state index contributed by atoms with van der Waals surface area (Å²) in [6.45, 7) is 0. The van der Waals surface area contributed by atoms with Crippen molar-refractivity contribution in [1.82, 2.24) is 0 Å². The molecule has 0 radical (unpaired) electrons. The third-order valence-corrected chi connectivity index (χ3v) is 4.51. The summed E-state index contributed by atoms with van der Waals surface area (Å²) in [5, 5.41) is 19.2. The Bertz CT molecular complexity index is 225. The average Bonchev–Trinajstić information content (AvgIpc) is 2.50. The van der Waals surface area contributed by atoms with E-state index in [2.05, 4.69) is 0 Å². The van der Waals surface area contributed by atoms with E-state index in [-0.39, 0.29) is 16.6 Å². The fraction of sp³-hybridized carbons (Fsp3) is 1.00. The number of hydrogen-bond acceptors (Lipinski definition) is 2. The van der Waals surface area contributed by atoms with E-state index in [0.29, 0.717) is 11.8 Å². The predicted molar refractivity (Wildman–Crippen MR) is 28.5 cm³/mol. The Morgan fingerprint density at radius 3 is 1.67 bits per heavy atom. The van der Waals surface area contributed by atoms with Gasteiger partial charge in [0.1, 0.15) is 0 Å². The molecule has 0 amide bonds. The van der Waals surface area contributed by atoms with Gasteiger partial charge >= 0.3 is 0 Å². The van der Waals surface area contributed by atoms with Crippen molar-refractivity contribution in [3.63, 3.8) is 0 Å². The lowest BCUT2D eigenvalue weighted by atomic mass is 9.53. The molecule has 4 rings (SSSR count). The van der Waals surface area contributed by atoms with E-state index in [9.17, 15) is 10.2 Å². The van der Waals surface area contributed by atoms with Gasteiger partial charge in [0.2, 0.25) is 0 Å². The number of aliphatic hydroxyl groups is 2. The Morgan fingerprint density at radius 2 is 1.67 bits per heavy atom. The van der Waals surface area contributed by atoms with Gasteiger partial charge in [-0.3, -0.25) is 0 Å². The maximum Gasteiger partial charge on any atom is 0.0812 e. The summed E-state index contributed by atoms with van der Waals surface area (Å²) in [5.41, 5.74) is -0.612. The van der Waals surface area contributed by atoms with Gasteiger partial charge in [0.15, 0.2) is 0 Å². The molecule has 0 heterocycles. The fourth-order valence-electron chi connectivity index (χ4n) is 4.05. The monoisotopic (exact) mass is 124 g/mol. The van der Waals surface area contributed by atoms with Crippen LogP contribution in [0.15, 0.2) is 0 Å². The van der Waals surface area contributed by atoms with Gasteiger partial charge in [-0.05, 0) is 12.8 Å². The van der Waals surface area contributed by atoms with Gasteiger partial charge in [-0.15, -0.1) is 0 Å². The van der Waals surface area contributed by atoms with Crippen molar-refractivity contribution in [2.75, 3.05) is 0 Å². The molecule has 2 nitrogen and oxygen atoms in total. The molecular formula is C7H8O2. The third kappa shape index (κ3) is 0.121. The predicted octanol–water partition coefficient (Wildman–Crippen LogP) is -0.498. The second-order valence-corrected chi connectivity index (χ2v) is 4.24. The Kier molecular flexibility index (Phi) is 0.247. The van der Waals surface area contributed by atoms with Gasteiger partial charge < -0.3 is 10.2 Å². The van der Waals surface area contributed by atoms with Crippen LogP contribution >= 0.6 is 0 Å². The molecule has 0 aromatic heterocycles. The molecule has 4 aliphatic carbocycles. The Balaban J connectivity index is 2.03. The van der Waals surface area contributed by atoms with Gasteiger partial charge in [-0.2, -0.15) is 0 Å². The number of hydrogen-bond donors (Lipinski definition) is 2. The van der Waals surface area contributed by atoms with Crippen molar-refractivity contribution < 1.29 is 10.2 Å². The Hall–Kier alpha value is -0.0800. The van der Waals surface area contributed by atoms with Gasteiger partial charge in [0.05, 0.1) is 11.2 Å². The lowest BCUT2D eigenvalue weighted by Gasteiger charge is -2.54. The van der Waals surface area contributed by atoms with Crippen molar-refractivity contribution in [2.24, 2.45) is 17.3 Å². The lowest BCUT2D eigenvalue weighted by molar-refractivity contribution is -0.190. The van der Waals surface area contributed by atoms with Crippen LogP contribution in [0.3, 0.4) is 0 Å². The van der Waals surface area contributed by atoms with Crippen molar-refractivity contribution in [3.05, 3.63) is 0 Å². The minimum atomic E-state index is -0.378. The molecule has 0 aromatic rings. The molecular weight excluding hydrogens is 116 g/mol. The molecule has 2 atom stereocenters. The van der Waals surface area contributed by atoms with Crippen LogP contribution in [0.2, 0.25) is 0 Å². The van der Waals surface area contributed by atoms with Gasteiger partial charge in [-0.1, -0.05) is 0 Å². The molecule has 4 saturated carbocycles. The molecule has 9 heavy (non-hydrogen) atoms. The summed E-state index contributed by atoms with van der Waals surface area (Å²) < 4.78 is 0. The van der Waals surface area contributed by atoms with E-state index >= 15 is 0 Å². The highest BCUT2D eigenvalue weighted by atomic mass is 16.4. The summed E-state index contributed by atoms with van der Waals surface area (Å²) in [4.78, 5) is 0. The highest BCUT2D eigenvalue weighted by Gasteiger charge is 3.14. The normalized spacial score (nSPS) is 94.0. The van der Waals surface area contributed by atoms with E-state index < -0.39 is 0 Å². The van der Waals surface area contributed by atoms with Crippen LogP contribution in [0.25, 0.3) is 0 Å². The molecule has 48 valence electrons. The molecule has 4 aliphatic rings. The SMILES string of the molecule is OC12CC3C4(O)C(C1)C324. The maximum atomic E-state index is 9.61. The molecule has 0 aromatic carbocycles. The third-order valence-electron chi connectivity index (χ3n) is 4.51. The molecule has 0 bridgehead atoms. The van der Waals surface area contributed by atoms with E-state index in [1.165, 1.54) is 0 Å². The van der Waals surface area contributed by atoms with Crippen LogP contribution in [-0.4, -0.2) is 21.4 Å². The maximum absolute atomic E-state index is 9.61.